The number of aliphatic imine (C=N–C) groups is 1. The van der Waals surface area contributed by atoms with Crippen molar-refractivity contribution in [2.24, 2.45) is 10.9 Å². The highest BCUT2D eigenvalue weighted by Crippen LogP contribution is 2.18. The van der Waals surface area contributed by atoms with Crippen molar-refractivity contribution in [3.63, 3.8) is 0 Å². The number of nitrogens with zero attached hydrogens (tertiary/aromatic N) is 1. The van der Waals surface area contributed by atoms with Crippen LogP contribution in [0.25, 0.3) is 0 Å². The maximum atomic E-state index is 5.47. The van der Waals surface area contributed by atoms with Crippen molar-refractivity contribution in [2.45, 2.75) is 38.6 Å². The molecule has 2 aliphatic rings. The lowest BCUT2D eigenvalue weighted by Crippen LogP contribution is -2.37. The molecule has 0 aromatic heterocycles. The summed E-state index contributed by atoms with van der Waals surface area (Å²) in [7, 11) is 0. The maximum Gasteiger partial charge on any atom is 0.156 e. The predicted molar refractivity (Wildman–Crippen MR) is 70.1 cm³/mol. The summed E-state index contributed by atoms with van der Waals surface area (Å²) in [4.78, 5) is 4.69. The predicted octanol–water partition coefficient (Wildman–Crippen LogP) is 2.27. The number of hydrogen-bond donors (Lipinski definition) is 1. The zero-order valence-corrected chi connectivity index (χ0v) is 10.9. The number of hydrogen-bond acceptors (Lipinski definition) is 3. The van der Waals surface area contributed by atoms with Crippen LogP contribution in [0.5, 0.6) is 0 Å². The van der Waals surface area contributed by atoms with Crippen LogP contribution in [0.2, 0.25) is 0 Å². The van der Waals surface area contributed by atoms with Gasteiger partial charge in [0.15, 0.2) is 5.17 Å². The molecular weight excluding hydrogens is 220 g/mol. The van der Waals surface area contributed by atoms with Gasteiger partial charge in [-0.15, -0.1) is 0 Å². The van der Waals surface area contributed by atoms with Crippen LogP contribution in [-0.4, -0.2) is 36.7 Å². The van der Waals surface area contributed by atoms with Gasteiger partial charge in [-0.1, -0.05) is 18.7 Å². The molecule has 4 heteroatoms. The van der Waals surface area contributed by atoms with Gasteiger partial charge in [0.1, 0.15) is 0 Å². The van der Waals surface area contributed by atoms with Crippen molar-refractivity contribution in [3.8, 4) is 0 Å². The minimum atomic E-state index is 0.641. The molecule has 2 heterocycles. The molecule has 0 saturated carbocycles. The molecule has 92 valence electrons. The second kappa shape index (κ2) is 6.50. The molecule has 2 rings (SSSR count). The Balaban J connectivity index is 1.77. The normalized spacial score (nSPS) is 33.7. The van der Waals surface area contributed by atoms with Gasteiger partial charge in [0.25, 0.3) is 0 Å². The van der Waals surface area contributed by atoms with Crippen molar-refractivity contribution in [1.29, 1.82) is 0 Å². The summed E-state index contributed by atoms with van der Waals surface area (Å²) in [6.07, 6.45) is 4.95. The van der Waals surface area contributed by atoms with Crippen LogP contribution in [0.3, 0.4) is 0 Å². The Labute approximate surface area is 102 Å². The number of nitrogens with one attached hydrogen (secondary N) is 1. The van der Waals surface area contributed by atoms with E-state index in [-0.39, 0.29) is 0 Å². The molecule has 2 aliphatic heterocycles. The fourth-order valence-corrected chi connectivity index (χ4v) is 3.16. The summed E-state index contributed by atoms with van der Waals surface area (Å²) in [6.45, 7) is 5.02. The monoisotopic (exact) mass is 242 g/mol. The van der Waals surface area contributed by atoms with Gasteiger partial charge in [-0.25, -0.2) is 0 Å². The first-order chi connectivity index (χ1) is 7.88. The smallest absolute Gasteiger partial charge is 0.156 e. The van der Waals surface area contributed by atoms with E-state index in [1.54, 1.807) is 0 Å². The van der Waals surface area contributed by atoms with Gasteiger partial charge in [0.2, 0.25) is 0 Å². The zero-order chi connectivity index (χ0) is 11.2. The quantitative estimate of drug-likeness (QED) is 0.824. The average molecular weight is 242 g/mol. The Hall–Kier alpha value is -0.220. The molecule has 0 spiro atoms. The molecule has 0 amide bonds. The molecule has 0 bridgehead atoms. The molecule has 2 unspecified atom stereocenters. The van der Waals surface area contributed by atoms with E-state index >= 15 is 0 Å². The first kappa shape index (κ1) is 12.2. The molecule has 0 aromatic carbocycles. The lowest BCUT2D eigenvalue weighted by Gasteiger charge is -2.25. The number of amidine groups is 1. The minimum absolute atomic E-state index is 0.641. The summed E-state index contributed by atoms with van der Waals surface area (Å²) >= 11 is 1.87. The molecule has 0 aromatic rings. The van der Waals surface area contributed by atoms with Crippen LogP contribution in [0.1, 0.15) is 32.6 Å². The van der Waals surface area contributed by atoms with E-state index in [1.807, 2.05) is 11.8 Å². The van der Waals surface area contributed by atoms with Gasteiger partial charge in [-0.2, -0.15) is 0 Å². The van der Waals surface area contributed by atoms with Crippen molar-refractivity contribution in [2.75, 3.05) is 25.5 Å². The lowest BCUT2D eigenvalue weighted by atomic mass is 10.0. The van der Waals surface area contributed by atoms with E-state index in [0.29, 0.717) is 12.0 Å². The molecule has 2 saturated heterocycles. The van der Waals surface area contributed by atoms with E-state index in [0.717, 1.165) is 24.9 Å². The van der Waals surface area contributed by atoms with Crippen molar-refractivity contribution < 1.29 is 4.74 Å². The van der Waals surface area contributed by atoms with Crippen molar-refractivity contribution in [3.05, 3.63) is 0 Å². The second-order valence-electron chi connectivity index (χ2n) is 4.62. The average Bonchev–Trinajstić information content (AvgIpc) is 2.38. The van der Waals surface area contributed by atoms with Gasteiger partial charge in [-0.3, -0.25) is 4.99 Å². The van der Waals surface area contributed by atoms with Crippen LogP contribution in [0.4, 0.5) is 0 Å². The van der Waals surface area contributed by atoms with Crippen molar-refractivity contribution in [1.82, 2.24) is 5.32 Å². The number of ether oxygens (including phenoxy) is 1. The highest BCUT2D eigenvalue weighted by atomic mass is 32.2. The summed E-state index contributed by atoms with van der Waals surface area (Å²) in [6, 6.07) is 0.641. The van der Waals surface area contributed by atoms with Crippen LogP contribution in [-0.2, 0) is 4.74 Å². The SMILES string of the molecule is CCC1CCSC(=NCC2CCCOC2)N1. The van der Waals surface area contributed by atoms with Crippen LogP contribution >= 0.6 is 11.8 Å². The molecule has 16 heavy (non-hydrogen) atoms. The number of rotatable bonds is 3. The van der Waals surface area contributed by atoms with E-state index in [9.17, 15) is 0 Å². The summed E-state index contributed by atoms with van der Waals surface area (Å²) in [5, 5.41) is 4.67. The highest BCUT2D eigenvalue weighted by Gasteiger charge is 2.17. The van der Waals surface area contributed by atoms with Crippen LogP contribution < -0.4 is 5.32 Å². The van der Waals surface area contributed by atoms with E-state index in [1.165, 1.54) is 31.4 Å². The van der Waals surface area contributed by atoms with Crippen molar-refractivity contribution >= 4 is 16.9 Å². The number of thioether (sulfide) groups is 1. The maximum absolute atomic E-state index is 5.47. The molecule has 3 nitrogen and oxygen atoms in total. The Morgan fingerprint density at radius 1 is 1.50 bits per heavy atom. The van der Waals surface area contributed by atoms with E-state index in [2.05, 4.69) is 12.2 Å². The van der Waals surface area contributed by atoms with Gasteiger partial charge in [-0.05, 0) is 25.7 Å². The minimum Gasteiger partial charge on any atom is -0.381 e. The molecular formula is C12H22N2OS. The Morgan fingerprint density at radius 2 is 2.44 bits per heavy atom. The molecule has 0 radical (unpaired) electrons. The largest absolute Gasteiger partial charge is 0.381 e. The first-order valence-corrected chi connectivity index (χ1v) is 7.38. The van der Waals surface area contributed by atoms with Crippen LogP contribution in [0, 0.1) is 5.92 Å². The Bertz CT molecular complexity index is 239. The first-order valence-electron chi connectivity index (χ1n) is 6.40. The third-order valence-corrected chi connectivity index (χ3v) is 4.23. The Kier molecular flexibility index (Phi) is 4.97. The van der Waals surface area contributed by atoms with Gasteiger partial charge in [0, 0.05) is 30.9 Å². The van der Waals surface area contributed by atoms with Gasteiger partial charge < -0.3 is 10.1 Å². The second-order valence-corrected chi connectivity index (χ2v) is 5.70. The molecule has 0 aliphatic carbocycles. The van der Waals surface area contributed by atoms with Gasteiger partial charge in [0.05, 0.1) is 6.61 Å². The van der Waals surface area contributed by atoms with Crippen LogP contribution in [0.15, 0.2) is 4.99 Å². The fraction of sp³-hybridized carbons (Fsp3) is 0.917. The lowest BCUT2D eigenvalue weighted by molar-refractivity contribution is 0.0582. The van der Waals surface area contributed by atoms with E-state index < -0.39 is 0 Å². The highest BCUT2D eigenvalue weighted by molar-refractivity contribution is 8.13. The summed E-state index contributed by atoms with van der Waals surface area (Å²) < 4.78 is 5.47. The Morgan fingerprint density at radius 3 is 3.19 bits per heavy atom. The topological polar surface area (TPSA) is 33.6 Å². The van der Waals surface area contributed by atoms with Gasteiger partial charge >= 0.3 is 0 Å². The fourth-order valence-electron chi connectivity index (χ4n) is 2.15. The molecule has 2 fully saturated rings. The summed E-state index contributed by atoms with van der Waals surface area (Å²) in [5.41, 5.74) is 0. The molecule has 1 N–H and O–H groups in total. The zero-order valence-electron chi connectivity index (χ0n) is 10.1. The summed E-state index contributed by atoms with van der Waals surface area (Å²) in [5.74, 6) is 1.86. The third-order valence-electron chi connectivity index (χ3n) is 3.27. The third kappa shape index (κ3) is 3.67. The molecule has 2 atom stereocenters. The van der Waals surface area contributed by atoms with E-state index in [4.69, 9.17) is 9.73 Å². The standard InChI is InChI=1S/C12H22N2OS/c1-2-11-5-7-16-12(14-11)13-8-10-4-3-6-15-9-10/h10-11H,2-9H2,1H3,(H,13,14).